The van der Waals surface area contributed by atoms with Crippen molar-refractivity contribution in [3.63, 3.8) is 0 Å². The topological polar surface area (TPSA) is 74.2 Å². The van der Waals surface area contributed by atoms with E-state index in [2.05, 4.69) is 5.32 Å². The summed E-state index contributed by atoms with van der Waals surface area (Å²) in [5.41, 5.74) is 0.891. The van der Waals surface area contributed by atoms with Crippen LogP contribution >= 0.6 is 0 Å². The molecular weight excluding hydrogens is 428 g/mol. The van der Waals surface area contributed by atoms with Crippen LogP contribution in [0.5, 0.6) is 5.75 Å². The van der Waals surface area contributed by atoms with E-state index in [-0.39, 0.29) is 18.0 Å². The predicted octanol–water partition coefficient (Wildman–Crippen LogP) is 4.63. The number of aliphatic imine (C=N–C) groups is 1. The van der Waals surface area contributed by atoms with Gasteiger partial charge in [-0.15, -0.1) is 0 Å². The second-order valence-corrected chi connectivity index (χ2v) is 9.43. The number of carbonyl (C=O) groups excluding carboxylic acids is 2. The van der Waals surface area contributed by atoms with Gasteiger partial charge in [0.25, 0.3) is 5.91 Å². The van der Waals surface area contributed by atoms with Crippen LogP contribution < -0.4 is 15.0 Å². The molecule has 2 saturated heterocycles. The van der Waals surface area contributed by atoms with Crippen LogP contribution in [0.15, 0.2) is 59.6 Å². The van der Waals surface area contributed by atoms with E-state index in [0.717, 1.165) is 24.4 Å². The summed E-state index contributed by atoms with van der Waals surface area (Å²) in [6.07, 6.45) is 7.01. The Morgan fingerprint density at radius 1 is 1.03 bits per heavy atom. The number of amides is 3. The van der Waals surface area contributed by atoms with Crippen LogP contribution in [0.1, 0.15) is 55.3 Å². The summed E-state index contributed by atoms with van der Waals surface area (Å²) in [7, 11) is 1.63. The highest BCUT2D eigenvalue weighted by Crippen LogP contribution is 2.39. The minimum absolute atomic E-state index is 0.0337. The molecule has 0 bridgehead atoms. The Bertz CT molecular complexity index is 1070. The molecule has 1 aliphatic carbocycles. The van der Waals surface area contributed by atoms with Gasteiger partial charge in [0.2, 0.25) is 0 Å². The Balaban J connectivity index is 1.47. The van der Waals surface area contributed by atoms with Crippen molar-refractivity contribution < 1.29 is 14.3 Å². The van der Waals surface area contributed by atoms with Gasteiger partial charge in [-0.05, 0) is 49.9 Å². The van der Waals surface area contributed by atoms with Gasteiger partial charge in [-0.3, -0.25) is 20.0 Å². The number of urea groups is 1. The minimum atomic E-state index is -0.589. The van der Waals surface area contributed by atoms with Gasteiger partial charge in [0.05, 0.1) is 18.8 Å². The maximum absolute atomic E-state index is 13.3. The van der Waals surface area contributed by atoms with E-state index in [1.165, 1.54) is 19.3 Å². The van der Waals surface area contributed by atoms with Crippen molar-refractivity contribution >= 4 is 23.5 Å². The largest absolute Gasteiger partial charge is 0.497 e. The number of benzene rings is 2. The number of piperidine rings is 1. The van der Waals surface area contributed by atoms with E-state index >= 15 is 0 Å². The van der Waals surface area contributed by atoms with Crippen LogP contribution in [-0.4, -0.2) is 54.5 Å². The van der Waals surface area contributed by atoms with Gasteiger partial charge in [0.1, 0.15) is 17.1 Å². The van der Waals surface area contributed by atoms with Gasteiger partial charge < -0.3 is 9.64 Å². The standard InChI is InChI=1S/C27H32N4O3/c1-34-23-14-8-13-22(19-23)31-26(33)29-25(28-21-11-6-3-7-12-21)27(31)15-17-30(18-16-27)24(32)20-9-4-2-5-10-20/h2,4-5,8-10,13-14,19,21H,3,6-7,11-12,15-18H2,1H3,(H,28,29,33). The molecule has 0 atom stereocenters. The molecule has 0 aromatic heterocycles. The van der Waals surface area contributed by atoms with Crippen LogP contribution in [0.2, 0.25) is 0 Å². The number of nitrogens with one attached hydrogen (secondary N) is 1. The molecule has 2 aliphatic heterocycles. The minimum Gasteiger partial charge on any atom is -0.497 e. The number of amidine groups is 1. The number of carbonyl (C=O) groups is 2. The lowest BCUT2D eigenvalue weighted by molar-refractivity contribution is 0.0700. The van der Waals surface area contributed by atoms with Crippen molar-refractivity contribution in [2.24, 2.45) is 4.99 Å². The molecule has 1 saturated carbocycles. The molecule has 3 amide bonds. The van der Waals surface area contributed by atoms with Crippen molar-refractivity contribution in [3.8, 4) is 5.75 Å². The normalized spacial score (nSPS) is 21.7. The first-order valence-electron chi connectivity index (χ1n) is 12.3. The highest BCUT2D eigenvalue weighted by atomic mass is 16.5. The van der Waals surface area contributed by atoms with E-state index in [4.69, 9.17) is 9.73 Å². The molecule has 34 heavy (non-hydrogen) atoms. The highest BCUT2D eigenvalue weighted by Gasteiger charge is 2.53. The number of nitrogens with zero attached hydrogens (tertiary/aromatic N) is 3. The number of ether oxygens (including phenoxy) is 1. The quantitative estimate of drug-likeness (QED) is 0.723. The smallest absolute Gasteiger partial charge is 0.328 e. The van der Waals surface area contributed by atoms with Gasteiger partial charge in [0.15, 0.2) is 0 Å². The lowest BCUT2D eigenvalue weighted by Crippen LogP contribution is -2.58. The molecule has 1 spiro atoms. The molecule has 0 radical (unpaired) electrons. The second-order valence-electron chi connectivity index (χ2n) is 9.43. The fourth-order valence-corrected chi connectivity index (χ4v) is 5.54. The number of hydrogen-bond acceptors (Lipinski definition) is 4. The summed E-state index contributed by atoms with van der Waals surface area (Å²) in [5, 5.41) is 3.12. The summed E-state index contributed by atoms with van der Waals surface area (Å²) < 4.78 is 5.43. The van der Waals surface area contributed by atoms with E-state index < -0.39 is 5.54 Å². The van der Waals surface area contributed by atoms with Crippen molar-refractivity contribution in [1.82, 2.24) is 10.2 Å². The maximum atomic E-state index is 13.3. The number of anilines is 1. The maximum Gasteiger partial charge on any atom is 0.328 e. The van der Waals surface area contributed by atoms with E-state index in [0.29, 0.717) is 37.2 Å². The summed E-state index contributed by atoms with van der Waals surface area (Å²) in [6.45, 7) is 1.12. The third kappa shape index (κ3) is 4.15. The van der Waals surface area contributed by atoms with Gasteiger partial charge >= 0.3 is 6.03 Å². The van der Waals surface area contributed by atoms with Gasteiger partial charge in [-0.25, -0.2) is 4.79 Å². The molecule has 0 unspecified atom stereocenters. The summed E-state index contributed by atoms with van der Waals surface area (Å²) >= 11 is 0. The van der Waals surface area contributed by atoms with Gasteiger partial charge in [0, 0.05) is 24.7 Å². The number of likely N-dealkylation sites (tertiary alicyclic amines) is 1. The lowest BCUT2D eigenvalue weighted by atomic mass is 9.84. The molecule has 2 heterocycles. The first-order chi connectivity index (χ1) is 16.6. The molecule has 2 aromatic carbocycles. The molecule has 5 rings (SSSR count). The molecule has 3 fully saturated rings. The van der Waals surface area contributed by atoms with Crippen molar-refractivity contribution in [2.75, 3.05) is 25.1 Å². The third-order valence-electron chi connectivity index (χ3n) is 7.39. The van der Waals surface area contributed by atoms with Crippen molar-refractivity contribution in [2.45, 2.75) is 56.5 Å². The fraction of sp³-hybridized carbons (Fsp3) is 0.444. The molecule has 3 aliphatic rings. The van der Waals surface area contributed by atoms with Crippen LogP contribution in [0.3, 0.4) is 0 Å². The molecular formula is C27H32N4O3. The van der Waals surface area contributed by atoms with Gasteiger partial charge in [-0.2, -0.15) is 0 Å². The Hall–Kier alpha value is -3.35. The Kier molecular flexibility index (Phi) is 6.26. The summed E-state index contributed by atoms with van der Waals surface area (Å²) in [4.78, 5) is 35.3. The predicted molar refractivity (Wildman–Crippen MR) is 133 cm³/mol. The number of hydrogen-bond donors (Lipinski definition) is 1. The second kappa shape index (κ2) is 9.49. The summed E-state index contributed by atoms with van der Waals surface area (Å²) in [5.74, 6) is 1.50. The van der Waals surface area contributed by atoms with Crippen LogP contribution in [0.4, 0.5) is 10.5 Å². The van der Waals surface area contributed by atoms with E-state index in [9.17, 15) is 9.59 Å². The summed E-state index contributed by atoms with van der Waals surface area (Å²) in [6, 6.07) is 17.1. The SMILES string of the molecule is COc1cccc(N2C(=O)NC(=NC3CCCCC3)C23CCN(C(=O)c2ccccc2)CC3)c1. The third-order valence-corrected chi connectivity index (χ3v) is 7.39. The van der Waals surface area contributed by atoms with Crippen LogP contribution in [-0.2, 0) is 0 Å². The highest BCUT2D eigenvalue weighted by molar-refractivity contribution is 6.19. The molecule has 178 valence electrons. The zero-order valence-electron chi connectivity index (χ0n) is 19.7. The molecule has 1 N–H and O–H groups in total. The Labute approximate surface area is 200 Å². The van der Waals surface area contributed by atoms with Crippen molar-refractivity contribution in [1.29, 1.82) is 0 Å². The van der Waals surface area contributed by atoms with Crippen LogP contribution in [0, 0.1) is 0 Å². The zero-order valence-corrected chi connectivity index (χ0v) is 19.7. The first kappa shape index (κ1) is 22.4. The van der Waals surface area contributed by atoms with Crippen LogP contribution in [0.25, 0.3) is 0 Å². The molecule has 2 aromatic rings. The number of rotatable bonds is 4. The fourth-order valence-electron chi connectivity index (χ4n) is 5.54. The average molecular weight is 461 g/mol. The lowest BCUT2D eigenvalue weighted by Gasteiger charge is -2.43. The monoisotopic (exact) mass is 460 g/mol. The average Bonchev–Trinajstić information content (AvgIpc) is 3.15. The van der Waals surface area contributed by atoms with Crippen molar-refractivity contribution in [3.05, 3.63) is 60.2 Å². The molecule has 7 heteroatoms. The molecule has 7 nitrogen and oxygen atoms in total. The first-order valence-corrected chi connectivity index (χ1v) is 12.3. The van der Waals surface area contributed by atoms with E-state index in [1.807, 2.05) is 64.4 Å². The Morgan fingerprint density at radius 3 is 2.47 bits per heavy atom. The van der Waals surface area contributed by atoms with Gasteiger partial charge in [-0.1, -0.05) is 43.5 Å². The van der Waals surface area contributed by atoms with E-state index in [1.54, 1.807) is 7.11 Å². The Morgan fingerprint density at radius 2 is 1.76 bits per heavy atom. The number of methoxy groups -OCH3 is 1. The zero-order chi connectivity index (χ0) is 23.5.